The van der Waals surface area contributed by atoms with E-state index in [0.29, 0.717) is 12.2 Å². The van der Waals surface area contributed by atoms with Crippen LogP contribution in [0, 0.1) is 10.8 Å². The van der Waals surface area contributed by atoms with Crippen LogP contribution in [0.5, 0.6) is 0 Å². The van der Waals surface area contributed by atoms with Crippen LogP contribution in [0.4, 0.5) is 4.79 Å². The fourth-order valence-electron chi connectivity index (χ4n) is 2.63. The standard InChI is InChI=1S/C17H30O7/c1-9-20-13(3)21-15(19)23-24-22-14(18)12(2)10-17(7,8)11-16(4,5)6/h10,13H,9,11H2,1-8H3/b12-10-. The molecule has 0 fully saturated rings. The SMILES string of the molecule is CCOC(C)OC(=O)OOOC(=O)/C(C)=C\C(C)(C)CC(C)(C)C. The molecule has 0 rings (SSSR count). The Bertz CT molecular complexity index is 446. The predicted octanol–water partition coefficient (Wildman–Crippen LogP) is 4.32. The van der Waals surface area contributed by atoms with Gasteiger partial charge in [-0.25, -0.2) is 14.5 Å². The van der Waals surface area contributed by atoms with Crippen molar-refractivity contribution in [1.82, 2.24) is 0 Å². The molecule has 0 bridgehead atoms. The number of hydrogen-bond acceptors (Lipinski definition) is 7. The Morgan fingerprint density at radius 3 is 2.17 bits per heavy atom. The van der Waals surface area contributed by atoms with E-state index in [0.717, 1.165) is 6.42 Å². The van der Waals surface area contributed by atoms with Gasteiger partial charge in [-0.05, 0) is 38.0 Å². The second kappa shape index (κ2) is 9.64. The average molecular weight is 346 g/mol. The van der Waals surface area contributed by atoms with Crippen molar-refractivity contribution in [1.29, 1.82) is 0 Å². The van der Waals surface area contributed by atoms with E-state index in [2.05, 4.69) is 40.3 Å². The molecule has 0 aliphatic rings. The fraction of sp³-hybridized carbons (Fsp3) is 0.765. The number of carbonyl (C=O) groups is 2. The van der Waals surface area contributed by atoms with Gasteiger partial charge in [-0.1, -0.05) is 40.7 Å². The summed E-state index contributed by atoms with van der Waals surface area (Å²) >= 11 is 0. The molecule has 0 N–H and O–H groups in total. The van der Waals surface area contributed by atoms with E-state index < -0.39 is 18.4 Å². The normalized spacial score (nSPS) is 14.1. The fourth-order valence-corrected chi connectivity index (χ4v) is 2.63. The molecule has 0 saturated heterocycles. The minimum Gasteiger partial charge on any atom is -0.403 e. The van der Waals surface area contributed by atoms with Gasteiger partial charge in [0.1, 0.15) is 0 Å². The smallest absolute Gasteiger partial charge is 0.403 e. The van der Waals surface area contributed by atoms with Gasteiger partial charge in [0.05, 0.1) is 5.04 Å². The maximum atomic E-state index is 11.8. The molecule has 0 aliphatic heterocycles. The van der Waals surface area contributed by atoms with Gasteiger partial charge >= 0.3 is 12.1 Å². The van der Waals surface area contributed by atoms with Gasteiger partial charge < -0.3 is 9.47 Å². The van der Waals surface area contributed by atoms with E-state index >= 15 is 0 Å². The molecule has 1 unspecified atom stereocenters. The summed E-state index contributed by atoms with van der Waals surface area (Å²) in [6.07, 6.45) is 0.725. The summed E-state index contributed by atoms with van der Waals surface area (Å²) in [7, 11) is 0. The molecule has 0 aromatic rings. The molecule has 0 saturated carbocycles. The van der Waals surface area contributed by atoms with Crippen molar-refractivity contribution in [2.45, 2.75) is 68.1 Å². The third-order valence-electron chi connectivity index (χ3n) is 2.79. The van der Waals surface area contributed by atoms with Gasteiger partial charge in [-0.2, -0.15) is 0 Å². The zero-order valence-corrected chi connectivity index (χ0v) is 15.9. The lowest BCUT2D eigenvalue weighted by Gasteiger charge is -2.30. The minimum atomic E-state index is -1.17. The van der Waals surface area contributed by atoms with Gasteiger partial charge in [-0.15, -0.1) is 0 Å². The summed E-state index contributed by atoms with van der Waals surface area (Å²) in [4.78, 5) is 31.6. The van der Waals surface area contributed by atoms with Gasteiger partial charge in [-0.3, -0.25) is 4.89 Å². The molecule has 24 heavy (non-hydrogen) atoms. The maximum Gasteiger partial charge on any atom is 0.545 e. The number of carbonyl (C=O) groups excluding carboxylic acids is 2. The summed E-state index contributed by atoms with van der Waals surface area (Å²) in [5, 5.41) is 4.15. The third-order valence-corrected chi connectivity index (χ3v) is 2.79. The van der Waals surface area contributed by atoms with Crippen molar-refractivity contribution < 1.29 is 33.9 Å². The molecule has 7 heteroatoms. The Balaban J connectivity index is 4.37. The van der Waals surface area contributed by atoms with Crippen molar-refractivity contribution in [3.63, 3.8) is 0 Å². The molecule has 0 amide bonds. The quantitative estimate of drug-likeness (QED) is 0.213. The Morgan fingerprint density at radius 1 is 1.08 bits per heavy atom. The first-order chi connectivity index (χ1) is 10.9. The van der Waals surface area contributed by atoms with E-state index in [4.69, 9.17) is 4.74 Å². The second-order valence-corrected chi connectivity index (χ2v) is 7.47. The van der Waals surface area contributed by atoms with Crippen LogP contribution in [0.25, 0.3) is 0 Å². The lowest BCUT2D eigenvalue weighted by Crippen LogP contribution is -2.21. The summed E-state index contributed by atoms with van der Waals surface area (Å²) in [5.74, 6) is -0.748. The van der Waals surface area contributed by atoms with Crippen LogP contribution in [0.3, 0.4) is 0 Å². The van der Waals surface area contributed by atoms with Crippen molar-refractivity contribution in [2.75, 3.05) is 6.61 Å². The molecule has 140 valence electrons. The Hall–Kier alpha value is -1.60. The van der Waals surface area contributed by atoms with Crippen LogP contribution >= 0.6 is 0 Å². The van der Waals surface area contributed by atoms with Crippen LogP contribution < -0.4 is 0 Å². The lowest BCUT2D eigenvalue weighted by molar-refractivity contribution is -0.459. The van der Waals surface area contributed by atoms with Gasteiger partial charge in [0.2, 0.25) is 6.29 Å². The summed E-state index contributed by atoms with van der Waals surface area (Å²) in [6, 6.07) is 0. The van der Waals surface area contributed by atoms with E-state index in [1.165, 1.54) is 6.92 Å². The monoisotopic (exact) mass is 346 g/mol. The Kier molecular flexibility index (Phi) is 8.99. The molecule has 0 spiro atoms. The van der Waals surface area contributed by atoms with Crippen LogP contribution in [-0.4, -0.2) is 25.0 Å². The molecular formula is C17H30O7. The largest absolute Gasteiger partial charge is 0.545 e. The molecule has 0 radical (unpaired) electrons. The second-order valence-electron chi connectivity index (χ2n) is 7.47. The number of hydrogen-bond donors (Lipinski definition) is 0. The third kappa shape index (κ3) is 11.0. The molecule has 0 aliphatic carbocycles. The zero-order valence-electron chi connectivity index (χ0n) is 15.9. The van der Waals surface area contributed by atoms with Crippen LogP contribution in [0.15, 0.2) is 11.6 Å². The van der Waals surface area contributed by atoms with E-state index in [1.54, 1.807) is 19.9 Å². The van der Waals surface area contributed by atoms with E-state index in [-0.39, 0.29) is 10.8 Å². The molecule has 0 aromatic carbocycles. The first-order valence-electron chi connectivity index (χ1n) is 7.93. The van der Waals surface area contributed by atoms with Crippen LogP contribution in [-0.2, 0) is 29.1 Å². The number of allylic oxidation sites excluding steroid dienone is 1. The number of rotatable bonds is 8. The van der Waals surface area contributed by atoms with Gasteiger partial charge in [0.25, 0.3) is 0 Å². The van der Waals surface area contributed by atoms with E-state index in [1.807, 2.05) is 13.8 Å². The molecule has 0 aromatic heterocycles. The molecule has 0 heterocycles. The van der Waals surface area contributed by atoms with E-state index in [9.17, 15) is 9.59 Å². The lowest BCUT2D eigenvalue weighted by atomic mass is 9.75. The topological polar surface area (TPSA) is 80.3 Å². The Morgan fingerprint density at radius 2 is 1.67 bits per heavy atom. The van der Waals surface area contributed by atoms with Crippen molar-refractivity contribution in [2.24, 2.45) is 10.8 Å². The molecule has 1 atom stereocenters. The minimum absolute atomic E-state index is 0.116. The van der Waals surface area contributed by atoms with Crippen LogP contribution in [0.2, 0.25) is 0 Å². The molecule has 7 nitrogen and oxygen atoms in total. The Labute approximate surface area is 144 Å². The number of ether oxygens (including phenoxy) is 2. The maximum absolute atomic E-state index is 11.8. The van der Waals surface area contributed by atoms with Gasteiger partial charge in [0, 0.05) is 12.2 Å². The first-order valence-corrected chi connectivity index (χ1v) is 7.93. The highest BCUT2D eigenvalue weighted by Gasteiger charge is 2.25. The average Bonchev–Trinajstić information content (AvgIpc) is 2.34. The van der Waals surface area contributed by atoms with Crippen molar-refractivity contribution in [3.8, 4) is 0 Å². The van der Waals surface area contributed by atoms with Crippen molar-refractivity contribution in [3.05, 3.63) is 11.6 Å². The summed E-state index contributed by atoms with van der Waals surface area (Å²) in [5.41, 5.74) is 0.266. The highest BCUT2D eigenvalue weighted by atomic mass is 17.5. The van der Waals surface area contributed by atoms with Crippen LogP contribution in [0.1, 0.15) is 61.8 Å². The van der Waals surface area contributed by atoms with Crippen molar-refractivity contribution >= 4 is 12.1 Å². The summed E-state index contributed by atoms with van der Waals surface area (Å²) in [6.45, 7) is 15.7. The highest BCUT2D eigenvalue weighted by molar-refractivity contribution is 5.87. The zero-order chi connectivity index (χ0) is 19.0. The predicted molar refractivity (Wildman–Crippen MR) is 87.4 cm³/mol. The first kappa shape index (κ1) is 22.4. The van der Waals surface area contributed by atoms with Gasteiger partial charge in [0.15, 0.2) is 0 Å². The summed E-state index contributed by atoms with van der Waals surface area (Å²) < 4.78 is 9.63. The highest BCUT2D eigenvalue weighted by Crippen LogP contribution is 2.35. The molecular weight excluding hydrogens is 316 g/mol.